The maximum absolute atomic E-state index is 11.3. The van der Waals surface area contributed by atoms with E-state index < -0.39 is 0 Å². The smallest absolute Gasteiger partial charge is 0.212 e. The standard InChI is InChI=1S/C10H20NO2/c1-8(2)10(13)7-11(4,5)6-9(3)12/h9,12H,1,6-7H2,2-5H3/q+1. The molecule has 1 unspecified atom stereocenters. The molecule has 0 aliphatic rings. The predicted octanol–water partition coefficient (Wildman–Crippen LogP) is 0.589. The van der Waals surface area contributed by atoms with Crippen LogP contribution >= 0.6 is 0 Å². The Morgan fingerprint density at radius 3 is 2.31 bits per heavy atom. The van der Waals surface area contributed by atoms with Crippen LogP contribution in [0.1, 0.15) is 13.8 Å². The third kappa shape index (κ3) is 5.55. The molecule has 0 heterocycles. The number of ketones is 1. The zero-order valence-corrected chi connectivity index (χ0v) is 9.00. The molecule has 0 saturated carbocycles. The van der Waals surface area contributed by atoms with Gasteiger partial charge in [-0.1, -0.05) is 6.58 Å². The molecule has 76 valence electrons. The van der Waals surface area contributed by atoms with E-state index in [1.807, 2.05) is 14.1 Å². The van der Waals surface area contributed by atoms with Crippen LogP contribution in [0.4, 0.5) is 0 Å². The lowest BCUT2D eigenvalue weighted by Gasteiger charge is -2.30. The van der Waals surface area contributed by atoms with E-state index in [2.05, 4.69) is 6.58 Å². The largest absolute Gasteiger partial charge is 0.388 e. The van der Waals surface area contributed by atoms with Crippen molar-refractivity contribution in [1.29, 1.82) is 0 Å². The van der Waals surface area contributed by atoms with Crippen LogP contribution in [0.25, 0.3) is 0 Å². The van der Waals surface area contributed by atoms with Gasteiger partial charge in [-0.15, -0.1) is 0 Å². The van der Waals surface area contributed by atoms with Crippen LogP contribution < -0.4 is 0 Å². The van der Waals surface area contributed by atoms with Crippen molar-refractivity contribution in [2.24, 2.45) is 0 Å². The highest BCUT2D eigenvalue weighted by Crippen LogP contribution is 2.02. The molecular formula is C10H20NO2+. The number of hydrogen-bond acceptors (Lipinski definition) is 2. The zero-order chi connectivity index (χ0) is 10.6. The molecule has 0 aromatic heterocycles. The summed E-state index contributed by atoms with van der Waals surface area (Å²) in [4.78, 5) is 11.3. The molecule has 1 N–H and O–H groups in total. The van der Waals surface area contributed by atoms with Crippen LogP contribution in [0.15, 0.2) is 12.2 Å². The lowest BCUT2D eigenvalue weighted by molar-refractivity contribution is -0.885. The number of rotatable bonds is 5. The molecule has 0 aromatic rings. The molecule has 0 aliphatic carbocycles. The van der Waals surface area contributed by atoms with Crippen LogP contribution in [0, 0.1) is 0 Å². The monoisotopic (exact) mass is 186 g/mol. The summed E-state index contributed by atoms with van der Waals surface area (Å²) in [6.07, 6.45) is -0.382. The average Bonchev–Trinajstić information content (AvgIpc) is 1.81. The number of aliphatic hydroxyl groups is 1. The number of likely N-dealkylation sites (N-methyl/N-ethyl adjacent to an activating group) is 1. The highest BCUT2D eigenvalue weighted by molar-refractivity contribution is 5.95. The Morgan fingerprint density at radius 2 is 2.00 bits per heavy atom. The van der Waals surface area contributed by atoms with Gasteiger partial charge in [-0.25, -0.2) is 0 Å². The first kappa shape index (κ1) is 12.3. The van der Waals surface area contributed by atoms with Crippen molar-refractivity contribution in [2.75, 3.05) is 27.2 Å². The molecule has 0 aromatic carbocycles. The first-order valence-electron chi connectivity index (χ1n) is 4.43. The maximum atomic E-state index is 11.3. The number of Topliss-reactive ketones (excluding diaryl/α,β-unsaturated/α-hetero) is 1. The summed E-state index contributed by atoms with van der Waals surface area (Å²) in [7, 11) is 3.85. The van der Waals surface area contributed by atoms with E-state index in [1.54, 1.807) is 13.8 Å². The van der Waals surface area contributed by atoms with E-state index in [1.165, 1.54) is 0 Å². The van der Waals surface area contributed by atoms with Crippen LogP contribution in [-0.2, 0) is 4.79 Å². The fourth-order valence-electron chi connectivity index (χ4n) is 1.30. The molecule has 0 rings (SSSR count). The normalized spacial score (nSPS) is 13.9. The van der Waals surface area contributed by atoms with E-state index in [-0.39, 0.29) is 11.9 Å². The number of hydrogen-bond donors (Lipinski definition) is 1. The van der Waals surface area contributed by atoms with Crippen molar-refractivity contribution >= 4 is 5.78 Å². The number of carbonyl (C=O) groups excluding carboxylic acids is 1. The summed E-state index contributed by atoms with van der Waals surface area (Å²) in [5.74, 6) is 0.0608. The van der Waals surface area contributed by atoms with Gasteiger partial charge in [-0.2, -0.15) is 0 Å². The van der Waals surface area contributed by atoms with Crippen LogP contribution in [0.2, 0.25) is 0 Å². The van der Waals surface area contributed by atoms with Gasteiger partial charge in [0.15, 0.2) is 0 Å². The Kier molecular flexibility index (Phi) is 4.30. The van der Waals surface area contributed by atoms with Gasteiger partial charge < -0.3 is 9.59 Å². The number of quaternary nitrogens is 1. The van der Waals surface area contributed by atoms with E-state index in [9.17, 15) is 9.90 Å². The Bertz CT molecular complexity index is 207. The van der Waals surface area contributed by atoms with Crippen molar-refractivity contribution in [1.82, 2.24) is 0 Å². The van der Waals surface area contributed by atoms with Crippen molar-refractivity contribution in [2.45, 2.75) is 20.0 Å². The Morgan fingerprint density at radius 1 is 1.54 bits per heavy atom. The molecule has 0 bridgehead atoms. The first-order valence-corrected chi connectivity index (χ1v) is 4.43. The second kappa shape index (κ2) is 4.53. The Balaban J connectivity index is 4.16. The fraction of sp³-hybridized carbons (Fsp3) is 0.700. The molecule has 13 heavy (non-hydrogen) atoms. The van der Waals surface area contributed by atoms with Crippen molar-refractivity contribution in [3.8, 4) is 0 Å². The molecule has 3 heteroatoms. The number of aliphatic hydroxyl groups excluding tert-OH is 1. The molecule has 0 radical (unpaired) electrons. The molecule has 1 atom stereocenters. The second-order valence-corrected chi connectivity index (χ2v) is 4.33. The first-order chi connectivity index (χ1) is 5.74. The zero-order valence-electron chi connectivity index (χ0n) is 9.00. The lowest BCUT2D eigenvalue weighted by atomic mass is 10.2. The fourth-order valence-corrected chi connectivity index (χ4v) is 1.30. The van der Waals surface area contributed by atoms with Gasteiger partial charge in [0.2, 0.25) is 5.78 Å². The van der Waals surface area contributed by atoms with E-state index in [4.69, 9.17) is 0 Å². The van der Waals surface area contributed by atoms with Gasteiger partial charge in [0.1, 0.15) is 19.2 Å². The number of nitrogens with zero attached hydrogens (tertiary/aromatic N) is 1. The maximum Gasteiger partial charge on any atom is 0.212 e. The third-order valence-corrected chi connectivity index (χ3v) is 1.81. The summed E-state index contributed by atoms with van der Waals surface area (Å²) in [6.45, 7) is 8.02. The highest BCUT2D eigenvalue weighted by atomic mass is 16.3. The lowest BCUT2D eigenvalue weighted by Crippen LogP contribution is -2.48. The second-order valence-electron chi connectivity index (χ2n) is 4.33. The van der Waals surface area contributed by atoms with Crippen molar-refractivity contribution in [3.63, 3.8) is 0 Å². The summed E-state index contributed by atoms with van der Waals surface area (Å²) in [5, 5.41) is 9.19. The predicted molar refractivity (Wildman–Crippen MR) is 53.3 cm³/mol. The summed E-state index contributed by atoms with van der Waals surface area (Å²) in [5.41, 5.74) is 0.580. The summed E-state index contributed by atoms with van der Waals surface area (Å²) < 4.78 is 0.503. The molecular weight excluding hydrogens is 166 g/mol. The molecule has 0 aliphatic heterocycles. The van der Waals surface area contributed by atoms with Gasteiger partial charge in [-0.3, -0.25) is 4.79 Å². The van der Waals surface area contributed by atoms with Gasteiger partial charge in [0.05, 0.1) is 14.1 Å². The van der Waals surface area contributed by atoms with Crippen LogP contribution in [0.3, 0.4) is 0 Å². The van der Waals surface area contributed by atoms with Gasteiger partial charge in [-0.05, 0) is 19.4 Å². The number of carbonyl (C=O) groups is 1. The molecule has 0 amide bonds. The van der Waals surface area contributed by atoms with Gasteiger partial charge >= 0.3 is 0 Å². The third-order valence-electron chi connectivity index (χ3n) is 1.81. The highest BCUT2D eigenvalue weighted by Gasteiger charge is 2.21. The van der Waals surface area contributed by atoms with Crippen molar-refractivity contribution in [3.05, 3.63) is 12.2 Å². The molecule has 0 fully saturated rings. The molecule has 0 saturated heterocycles. The average molecular weight is 186 g/mol. The quantitative estimate of drug-likeness (QED) is 0.504. The van der Waals surface area contributed by atoms with Crippen LogP contribution in [0.5, 0.6) is 0 Å². The topological polar surface area (TPSA) is 37.3 Å². The minimum absolute atomic E-state index is 0.0608. The minimum Gasteiger partial charge on any atom is -0.388 e. The van der Waals surface area contributed by atoms with E-state index >= 15 is 0 Å². The van der Waals surface area contributed by atoms with Gasteiger partial charge in [0.25, 0.3) is 0 Å². The van der Waals surface area contributed by atoms with E-state index in [0.29, 0.717) is 23.1 Å². The molecule has 3 nitrogen and oxygen atoms in total. The van der Waals surface area contributed by atoms with Crippen LogP contribution in [-0.4, -0.2) is 48.7 Å². The SMILES string of the molecule is C=C(C)C(=O)C[N+](C)(C)CC(C)O. The summed E-state index contributed by atoms with van der Waals surface area (Å²) >= 11 is 0. The minimum atomic E-state index is -0.382. The van der Waals surface area contributed by atoms with E-state index in [0.717, 1.165) is 0 Å². The molecule has 0 spiro atoms. The van der Waals surface area contributed by atoms with Gasteiger partial charge in [0, 0.05) is 0 Å². The van der Waals surface area contributed by atoms with Crippen molar-refractivity contribution < 1.29 is 14.4 Å². The Labute approximate surface area is 80.3 Å². The Hall–Kier alpha value is -0.670. The summed E-state index contributed by atoms with van der Waals surface area (Å²) in [6, 6.07) is 0.